The summed E-state index contributed by atoms with van der Waals surface area (Å²) in [5, 5.41) is 3.56. The molecule has 2 saturated heterocycles. The summed E-state index contributed by atoms with van der Waals surface area (Å²) in [6.45, 7) is 5.25. The van der Waals surface area contributed by atoms with Gasteiger partial charge in [0.15, 0.2) is 0 Å². The predicted octanol–water partition coefficient (Wildman–Crippen LogP) is 1.19. The molecule has 0 N–H and O–H groups in total. The molecule has 0 saturated carbocycles. The molecule has 2 heterocycles. The van der Waals surface area contributed by atoms with Crippen molar-refractivity contribution in [2.24, 2.45) is 11.0 Å². The van der Waals surface area contributed by atoms with Crippen molar-refractivity contribution >= 4 is 17.7 Å². The zero-order valence-electron chi connectivity index (χ0n) is 10.5. The van der Waals surface area contributed by atoms with E-state index in [-0.39, 0.29) is 11.8 Å². The van der Waals surface area contributed by atoms with Crippen LogP contribution in [0.15, 0.2) is 5.11 Å². The monoisotopic (exact) mass is 269 g/mol. The maximum atomic E-state index is 11.8. The van der Waals surface area contributed by atoms with E-state index >= 15 is 0 Å². The Morgan fingerprint density at radius 1 is 1.39 bits per heavy atom. The van der Waals surface area contributed by atoms with Crippen LogP contribution in [0.3, 0.4) is 0 Å². The molecule has 0 spiro atoms. The molecule has 18 heavy (non-hydrogen) atoms. The van der Waals surface area contributed by atoms with Crippen LogP contribution in [-0.4, -0.2) is 66.5 Å². The summed E-state index contributed by atoms with van der Waals surface area (Å²) >= 11 is 2.00. The molecule has 0 bridgehead atoms. The summed E-state index contributed by atoms with van der Waals surface area (Å²) in [6, 6.07) is 0. The van der Waals surface area contributed by atoms with E-state index in [4.69, 9.17) is 5.53 Å². The molecular weight excluding hydrogens is 250 g/mol. The first-order valence-corrected chi connectivity index (χ1v) is 7.54. The zero-order valence-corrected chi connectivity index (χ0v) is 11.3. The Morgan fingerprint density at radius 2 is 2.17 bits per heavy atom. The van der Waals surface area contributed by atoms with Crippen molar-refractivity contribution in [1.82, 2.24) is 9.80 Å². The Labute approximate surface area is 111 Å². The van der Waals surface area contributed by atoms with Crippen LogP contribution in [0.25, 0.3) is 10.4 Å². The van der Waals surface area contributed by atoms with Gasteiger partial charge in [-0.1, -0.05) is 5.11 Å². The maximum absolute atomic E-state index is 11.8. The minimum atomic E-state index is 0.208. The Balaban J connectivity index is 1.72. The number of hydrogen-bond donors (Lipinski definition) is 0. The van der Waals surface area contributed by atoms with E-state index < -0.39 is 0 Å². The van der Waals surface area contributed by atoms with Gasteiger partial charge in [-0.3, -0.25) is 9.69 Å². The fraction of sp³-hybridized carbons (Fsp3) is 0.909. The molecule has 1 unspecified atom stereocenters. The summed E-state index contributed by atoms with van der Waals surface area (Å²) in [5.74, 6) is 2.82. The Hall–Kier alpha value is -0.910. The van der Waals surface area contributed by atoms with Crippen LogP contribution in [0, 0.1) is 5.92 Å². The van der Waals surface area contributed by atoms with E-state index in [0.29, 0.717) is 13.0 Å². The SMILES string of the molecule is [N-]=[N+]=NCC1CC(=O)N(CCN2CCSCC2)C1. The lowest BCUT2D eigenvalue weighted by atomic mass is 10.1. The van der Waals surface area contributed by atoms with E-state index in [9.17, 15) is 4.79 Å². The zero-order chi connectivity index (χ0) is 12.8. The Bertz CT molecular complexity index is 338. The number of thioether (sulfide) groups is 1. The van der Waals surface area contributed by atoms with Crippen LogP contribution in [0.2, 0.25) is 0 Å². The molecule has 0 aromatic heterocycles. The summed E-state index contributed by atoms with van der Waals surface area (Å²) in [6.07, 6.45) is 0.537. The number of carbonyl (C=O) groups is 1. The molecule has 7 heteroatoms. The molecule has 0 aromatic carbocycles. The van der Waals surface area contributed by atoms with Crippen LogP contribution >= 0.6 is 11.8 Å². The third-order valence-electron chi connectivity index (χ3n) is 3.49. The molecule has 1 atom stereocenters. The number of azide groups is 1. The van der Waals surface area contributed by atoms with Gasteiger partial charge in [0, 0.05) is 62.1 Å². The van der Waals surface area contributed by atoms with E-state index in [1.807, 2.05) is 16.7 Å². The maximum Gasteiger partial charge on any atom is 0.222 e. The second-order valence-corrected chi connectivity index (χ2v) is 6.00. The van der Waals surface area contributed by atoms with Crippen molar-refractivity contribution in [1.29, 1.82) is 0 Å². The number of carbonyl (C=O) groups excluding carboxylic acids is 1. The van der Waals surface area contributed by atoms with E-state index in [1.54, 1.807) is 0 Å². The first-order chi connectivity index (χ1) is 8.79. The van der Waals surface area contributed by atoms with Gasteiger partial charge in [-0.2, -0.15) is 11.8 Å². The highest BCUT2D eigenvalue weighted by molar-refractivity contribution is 7.99. The lowest BCUT2D eigenvalue weighted by Gasteiger charge is -2.28. The van der Waals surface area contributed by atoms with Gasteiger partial charge >= 0.3 is 0 Å². The van der Waals surface area contributed by atoms with Crippen molar-refractivity contribution in [3.63, 3.8) is 0 Å². The first kappa shape index (κ1) is 13.5. The molecule has 0 aliphatic carbocycles. The highest BCUT2D eigenvalue weighted by Gasteiger charge is 2.28. The molecular formula is C11H19N5OS. The summed E-state index contributed by atoms with van der Waals surface area (Å²) in [5.41, 5.74) is 8.28. The topological polar surface area (TPSA) is 72.3 Å². The number of nitrogens with zero attached hydrogens (tertiary/aromatic N) is 5. The van der Waals surface area contributed by atoms with E-state index in [2.05, 4.69) is 14.9 Å². The second kappa shape index (κ2) is 6.87. The fourth-order valence-corrected chi connectivity index (χ4v) is 3.41. The molecule has 2 aliphatic rings. The average molecular weight is 269 g/mol. The molecule has 0 aromatic rings. The minimum absolute atomic E-state index is 0.208. The molecule has 2 aliphatic heterocycles. The van der Waals surface area contributed by atoms with Crippen LogP contribution in [0.5, 0.6) is 0 Å². The van der Waals surface area contributed by atoms with Gasteiger partial charge in [0.2, 0.25) is 5.91 Å². The van der Waals surface area contributed by atoms with Crippen molar-refractivity contribution in [2.45, 2.75) is 6.42 Å². The summed E-state index contributed by atoms with van der Waals surface area (Å²) in [4.78, 5) is 18.9. The largest absolute Gasteiger partial charge is 0.341 e. The van der Waals surface area contributed by atoms with Crippen molar-refractivity contribution in [2.75, 3.05) is 50.8 Å². The fourth-order valence-electron chi connectivity index (χ4n) is 2.43. The third-order valence-corrected chi connectivity index (χ3v) is 4.43. The molecule has 0 radical (unpaired) electrons. The Morgan fingerprint density at radius 3 is 2.89 bits per heavy atom. The number of amides is 1. The van der Waals surface area contributed by atoms with E-state index in [1.165, 1.54) is 11.5 Å². The van der Waals surface area contributed by atoms with E-state index in [0.717, 1.165) is 32.7 Å². The van der Waals surface area contributed by atoms with Gasteiger partial charge in [0.25, 0.3) is 0 Å². The summed E-state index contributed by atoms with van der Waals surface area (Å²) in [7, 11) is 0. The second-order valence-electron chi connectivity index (χ2n) is 4.78. The average Bonchev–Trinajstić information content (AvgIpc) is 2.76. The molecule has 1 amide bonds. The van der Waals surface area contributed by atoms with Crippen LogP contribution in [0.1, 0.15) is 6.42 Å². The molecule has 100 valence electrons. The molecule has 2 fully saturated rings. The van der Waals surface area contributed by atoms with Gasteiger partial charge < -0.3 is 4.90 Å². The quantitative estimate of drug-likeness (QED) is 0.427. The van der Waals surface area contributed by atoms with Crippen LogP contribution in [-0.2, 0) is 4.79 Å². The first-order valence-electron chi connectivity index (χ1n) is 6.38. The lowest BCUT2D eigenvalue weighted by Crippen LogP contribution is -2.40. The smallest absolute Gasteiger partial charge is 0.222 e. The van der Waals surface area contributed by atoms with Gasteiger partial charge in [0.1, 0.15) is 0 Å². The van der Waals surface area contributed by atoms with Crippen molar-refractivity contribution in [3.8, 4) is 0 Å². The predicted molar refractivity (Wildman–Crippen MR) is 72.5 cm³/mol. The number of hydrogen-bond acceptors (Lipinski definition) is 4. The third kappa shape index (κ3) is 3.80. The minimum Gasteiger partial charge on any atom is -0.341 e. The van der Waals surface area contributed by atoms with Gasteiger partial charge in [-0.05, 0) is 11.4 Å². The highest BCUT2D eigenvalue weighted by atomic mass is 32.2. The van der Waals surface area contributed by atoms with Gasteiger partial charge in [0.05, 0.1) is 0 Å². The molecule has 2 rings (SSSR count). The van der Waals surface area contributed by atoms with Crippen LogP contribution in [0.4, 0.5) is 0 Å². The molecule has 6 nitrogen and oxygen atoms in total. The highest BCUT2D eigenvalue weighted by Crippen LogP contribution is 2.18. The van der Waals surface area contributed by atoms with Crippen molar-refractivity contribution < 1.29 is 4.79 Å². The number of likely N-dealkylation sites (tertiary alicyclic amines) is 1. The number of rotatable bonds is 5. The van der Waals surface area contributed by atoms with Crippen LogP contribution < -0.4 is 0 Å². The standard InChI is InChI=1S/C11H19N5OS/c12-14-13-8-10-7-11(17)16(9-10)2-1-15-3-5-18-6-4-15/h10H,1-9H2. The van der Waals surface area contributed by atoms with Gasteiger partial charge in [-0.25, -0.2) is 0 Å². The normalized spacial score (nSPS) is 25.2. The van der Waals surface area contributed by atoms with Crippen molar-refractivity contribution in [3.05, 3.63) is 10.4 Å². The lowest BCUT2D eigenvalue weighted by molar-refractivity contribution is -0.127. The summed E-state index contributed by atoms with van der Waals surface area (Å²) < 4.78 is 0. The van der Waals surface area contributed by atoms with Gasteiger partial charge in [-0.15, -0.1) is 0 Å². The Kier molecular flexibility index (Phi) is 5.16.